The first-order valence-electron chi connectivity index (χ1n) is 7.80. The van der Waals surface area contributed by atoms with E-state index < -0.39 is 0 Å². The predicted molar refractivity (Wildman–Crippen MR) is 85.3 cm³/mol. The van der Waals surface area contributed by atoms with Gasteiger partial charge >= 0.3 is 0 Å². The van der Waals surface area contributed by atoms with Crippen molar-refractivity contribution in [3.8, 4) is 0 Å². The molecule has 1 aromatic carbocycles. The lowest BCUT2D eigenvalue weighted by Crippen LogP contribution is -2.56. The molecule has 1 aliphatic rings. The van der Waals surface area contributed by atoms with Gasteiger partial charge in [-0.2, -0.15) is 0 Å². The summed E-state index contributed by atoms with van der Waals surface area (Å²) in [4.78, 5) is 2.27. The number of aryl methyl sites for hydroxylation is 1. The van der Waals surface area contributed by atoms with Gasteiger partial charge in [0.15, 0.2) is 0 Å². The Morgan fingerprint density at radius 1 is 1.33 bits per heavy atom. The molecular formula is C17H28FN3. The lowest BCUT2D eigenvalue weighted by atomic mass is 9.70. The van der Waals surface area contributed by atoms with Gasteiger partial charge in [-0.25, -0.2) is 4.39 Å². The van der Waals surface area contributed by atoms with E-state index in [-0.39, 0.29) is 17.4 Å². The third-order valence-corrected chi connectivity index (χ3v) is 5.26. The summed E-state index contributed by atoms with van der Waals surface area (Å²) in [6, 6.07) is 5.40. The van der Waals surface area contributed by atoms with Crippen molar-refractivity contribution in [1.29, 1.82) is 0 Å². The largest absolute Gasteiger partial charge is 0.302 e. The second-order valence-electron chi connectivity index (χ2n) is 6.79. The molecule has 0 aliphatic heterocycles. The quantitative estimate of drug-likeness (QED) is 0.662. The van der Waals surface area contributed by atoms with Gasteiger partial charge in [0, 0.05) is 5.54 Å². The van der Waals surface area contributed by atoms with Gasteiger partial charge in [-0.15, -0.1) is 0 Å². The Labute approximate surface area is 127 Å². The molecule has 0 amide bonds. The number of nitrogens with two attached hydrogens (primary N) is 1. The summed E-state index contributed by atoms with van der Waals surface area (Å²) in [7, 11) is 4.20. The van der Waals surface area contributed by atoms with E-state index >= 15 is 0 Å². The van der Waals surface area contributed by atoms with E-state index in [1.807, 2.05) is 12.1 Å². The van der Waals surface area contributed by atoms with E-state index in [0.29, 0.717) is 5.56 Å². The first-order valence-corrected chi connectivity index (χ1v) is 7.80. The van der Waals surface area contributed by atoms with E-state index in [4.69, 9.17) is 5.84 Å². The Balaban J connectivity index is 2.38. The van der Waals surface area contributed by atoms with E-state index in [0.717, 1.165) is 24.3 Å². The summed E-state index contributed by atoms with van der Waals surface area (Å²) in [6.45, 7) is 4.09. The lowest BCUT2D eigenvalue weighted by molar-refractivity contribution is 0.0427. The predicted octanol–water partition coefficient (Wildman–Crippen LogP) is 3.15. The van der Waals surface area contributed by atoms with E-state index in [9.17, 15) is 4.39 Å². The van der Waals surface area contributed by atoms with E-state index in [1.165, 1.54) is 12.8 Å². The zero-order valence-corrected chi connectivity index (χ0v) is 13.6. The molecule has 0 heterocycles. The summed E-state index contributed by atoms with van der Waals surface area (Å²) in [5, 5.41) is 0. The summed E-state index contributed by atoms with van der Waals surface area (Å²) in [5.41, 5.74) is 4.52. The number of benzene rings is 1. The van der Waals surface area contributed by atoms with Crippen molar-refractivity contribution >= 4 is 0 Å². The van der Waals surface area contributed by atoms with Crippen LogP contribution in [0, 0.1) is 18.7 Å². The fourth-order valence-corrected chi connectivity index (χ4v) is 3.61. The maximum absolute atomic E-state index is 13.9. The number of halogens is 1. The van der Waals surface area contributed by atoms with Crippen LogP contribution in [0.25, 0.3) is 0 Å². The average molecular weight is 293 g/mol. The van der Waals surface area contributed by atoms with Crippen LogP contribution < -0.4 is 11.3 Å². The minimum absolute atomic E-state index is 0.0526. The molecule has 4 heteroatoms. The van der Waals surface area contributed by atoms with Crippen LogP contribution in [-0.4, -0.2) is 24.5 Å². The molecule has 0 radical (unpaired) electrons. The van der Waals surface area contributed by atoms with Crippen molar-refractivity contribution < 1.29 is 4.39 Å². The highest BCUT2D eigenvalue weighted by atomic mass is 19.1. The highest BCUT2D eigenvalue weighted by Crippen LogP contribution is 2.43. The summed E-state index contributed by atoms with van der Waals surface area (Å²) in [6.07, 6.45) is 4.52. The van der Waals surface area contributed by atoms with Gasteiger partial charge in [0.1, 0.15) is 5.82 Å². The summed E-state index contributed by atoms with van der Waals surface area (Å²) >= 11 is 0. The highest BCUT2D eigenvalue weighted by Gasteiger charge is 2.43. The Morgan fingerprint density at radius 2 is 1.95 bits per heavy atom. The maximum Gasteiger partial charge on any atom is 0.126 e. The van der Waals surface area contributed by atoms with Gasteiger partial charge in [0.2, 0.25) is 0 Å². The van der Waals surface area contributed by atoms with Crippen molar-refractivity contribution in [2.24, 2.45) is 11.8 Å². The number of likely N-dealkylation sites (N-methyl/N-ethyl adjacent to an activating group) is 1. The summed E-state index contributed by atoms with van der Waals surface area (Å²) < 4.78 is 13.9. The van der Waals surface area contributed by atoms with Crippen LogP contribution in [0.4, 0.5) is 4.39 Å². The smallest absolute Gasteiger partial charge is 0.126 e. The highest BCUT2D eigenvalue weighted by molar-refractivity contribution is 5.29. The van der Waals surface area contributed by atoms with Crippen LogP contribution in [0.15, 0.2) is 18.2 Å². The molecule has 0 saturated heterocycles. The molecule has 1 fully saturated rings. The number of hydrogen-bond acceptors (Lipinski definition) is 3. The molecule has 21 heavy (non-hydrogen) atoms. The molecule has 3 N–H and O–H groups in total. The molecular weight excluding hydrogens is 265 g/mol. The number of nitrogens with zero attached hydrogens (tertiary/aromatic N) is 1. The lowest BCUT2D eigenvalue weighted by Gasteiger charge is -2.49. The summed E-state index contributed by atoms with van der Waals surface area (Å²) in [5.74, 6) is 6.48. The monoisotopic (exact) mass is 293 g/mol. The number of nitrogens with one attached hydrogen (secondary N) is 1. The number of rotatable bonds is 4. The normalized spacial score (nSPS) is 27.9. The molecule has 3 nitrogen and oxygen atoms in total. The van der Waals surface area contributed by atoms with Crippen molar-refractivity contribution in [3.63, 3.8) is 0 Å². The minimum Gasteiger partial charge on any atom is -0.302 e. The van der Waals surface area contributed by atoms with Crippen molar-refractivity contribution in [2.75, 3.05) is 14.1 Å². The van der Waals surface area contributed by atoms with Gasteiger partial charge in [-0.05, 0) is 69.8 Å². The van der Waals surface area contributed by atoms with E-state index in [1.54, 1.807) is 13.0 Å². The molecule has 0 aromatic heterocycles. The topological polar surface area (TPSA) is 41.3 Å². The van der Waals surface area contributed by atoms with Gasteiger partial charge < -0.3 is 4.90 Å². The van der Waals surface area contributed by atoms with Crippen molar-refractivity contribution in [1.82, 2.24) is 10.3 Å². The van der Waals surface area contributed by atoms with Gasteiger partial charge in [-0.1, -0.05) is 19.1 Å². The Bertz CT molecular complexity index is 479. The molecule has 2 rings (SSSR count). The van der Waals surface area contributed by atoms with Crippen molar-refractivity contribution in [3.05, 3.63) is 35.1 Å². The Morgan fingerprint density at radius 3 is 2.43 bits per heavy atom. The second-order valence-corrected chi connectivity index (χ2v) is 6.79. The van der Waals surface area contributed by atoms with Gasteiger partial charge in [0.05, 0.1) is 6.04 Å². The molecule has 1 saturated carbocycles. The average Bonchev–Trinajstić information content (AvgIpc) is 2.45. The first kappa shape index (κ1) is 16.4. The van der Waals surface area contributed by atoms with Crippen LogP contribution >= 0.6 is 0 Å². The SMILES string of the molecule is Cc1ccc(C(NN)C2(N(C)C)CCC(C)CC2)cc1F. The standard InChI is InChI=1S/C17H28FN3/c1-12-7-9-17(10-8-12,21(3)4)16(20-19)14-6-5-13(2)15(18)11-14/h5-6,11-12,16,20H,7-10,19H2,1-4H3. The van der Waals surface area contributed by atoms with Gasteiger partial charge in [-0.3, -0.25) is 11.3 Å². The molecule has 1 aromatic rings. The molecule has 0 bridgehead atoms. The third kappa shape index (κ3) is 3.12. The number of hydrogen-bond donors (Lipinski definition) is 2. The Hall–Kier alpha value is -0.970. The fraction of sp³-hybridized carbons (Fsp3) is 0.647. The molecule has 1 aliphatic carbocycles. The Kier molecular flexibility index (Phi) is 5.02. The van der Waals surface area contributed by atoms with Crippen LogP contribution in [-0.2, 0) is 0 Å². The van der Waals surface area contributed by atoms with Crippen LogP contribution in [0.1, 0.15) is 49.8 Å². The van der Waals surface area contributed by atoms with E-state index in [2.05, 4.69) is 31.3 Å². The van der Waals surface area contributed by atoms with Gasteiger partial charge in [0.25, 0.3) is 0 Å². The third-order valence-electron chi connectivity index (χ3n) is 5.26. The minimum atomic E-state index is -0.161. The maximum atomic E-state index is 13.9. The molecule has 0 spiro atoms. The van der Waals surface area contributed by atoms with Crippen LogP contribution in [0.2, 0.25) is 0 Å². The zero-order valence-electron chi connectivity index (χ0n) is 13.6. The van der Waals surface area contributed by atoms with Crippen LogP contribution in [0.3, 0.4) is 0 Å². The molecule has 118 valence electrons. The fourth-order valence-electron chi connectivity index (χ4n) is 3.61. The molecule has 1 atom stereocenters. The number of hydrazine groups is 1. The first-order chi connectivity index (χ1) is 9.90. The van der Waals surface area contributed by atoms with Crippen LogP contribution in [0.5, 0.6) is 0 Å². The van der Waals surface area contributed by atoms with Crippen molar-refractivity contribution in [2.45, 2.75) is 51.1 Å². The molecule has 1 unspecified atom stereocenters. The zero-order chi connectivity index (χ0) is 15.6. The second kappa shape index (κ2) is 6.42.